The number of carboxylic acids is 2. The lowest BCUT2D eigenvalue weighted by atomic mass is 9.86. The van der Waals surface area contributed by atoms with Gasteiger partial charge < -0.3 is 24.8 Å². The molecule has 2 saturated carbocycles. The maximum Gasteiger partial charge on any atom is 0.323 e. The minimum Gasteiger partial charge on any atom is -0.480 e. The highest BCUT2D eigenvalue weighted by Crippen LogP contribution is 2.40. The Labute approximate surface area is 161 Å². The van der Waals surface area contributed by atoms with Crippen LogP contribution in [0.1, 0.15) is 52.4 Å². The Bertz CT molecular complexity index is 642. The Balaban J connectivity index is 0.000000280. The number of esters is 2. The minimum atomic E-state index is -1.62. The molecule has 0 amide bonds. The van der Waals surface area contributed by atoms with Crippen LogP contribution in [0.4, 0.5) is 0 Å². The van der Waals surface area contributed by atoms with Crippen LogP contribution >= 0.6 is 0 Å². The fraction of sp³-hybridized carbons (Fsp3) is 0.722. The normalized spacial score (nSPS) is 28.8. The lowest BCUT2D eigenvalue weighted by Crippen LogP contribution is -2.39. The first-order valence-electron chi connectivity index (χ1n) is 9.06. The summed E-state index contributed by atoms with van der Waals surface area (Å²) in [6.45, 7) is 3.51. The highest BCUT2D eigenvalue weighted by molar-refractivity contribution is 6.05. The van der Waals surface area contributed by atoms with Crippen LogP contribution in [0.5, 0.6) is 0 Å². The zero-order valence-corrected chi connectivity index (χ0v) is 15.9. The Morgan fingerprint density at radius 2 is 1.46 bits per heavy atom. The molecule has 3 unspecified atom stereocenters. The Hall–Kier alpha value is -2.49. The first-order chi connectivity index (χ1) is 13.1. The summed E-state index contributed by atoms with van der Waals surface area (Å²) < 4.78 is 9.37. The van der Waals surface area contributed by atoms with Gasteiger partial charge in [0.1, 0.15) is 5.78 Å². The van der Waals surface area contributed by atoms with Gasteiger partial charge in [-0.15, -0.1) is 0 Å². The summed E-state index contributed by atoms with van der Waals surface area (Å²) >= 11 is 0. The average molecular weight is 402 g/mol. The van der Waals surface area contributed by atoms with E-state index in [1.807, 2.05) is 0 Å². The van der Waals surface area contributed by atoms with Crippen LogP contribution in [-0.4, -0.2) is 64.3 Å². The van der Waals surface area contributed by atoms with Gasteiger partial charge in [0.2, 0.25) is 0 Å². The lowest BCUT2D eigenvalue weighted by Gasteiger charge is -2.20. The van der Waals surface area contributed by atoms with Crippen LogP contribution in [0, 0.1) is 10.8 Å². The Morgan fingerprint density at radius 1 is 0.964 bits per heavy atom. The van der Waals surface area contributed by atoms with Crippen molar-refractivity contribution in [3.8, 4) is 0 Å². The molecule has 10 nitrogen and oxygen atoms in total. The van der Waals surface area contributed by atoms with Gasteiger partial charge in [-0.1, -0.05) is 0 Å². The summed E-state index contributed by atoms with van der Waals surface area (Å²) in [6.07, 6.45) is -0.295. The van der Waals surface area contributed by atoms with Crippen molar-refractivity contribution in [1.29, 1.82) is 0 Å². The summed E-state index contributed by atoms with van der Waals surface area (Å²) in [5.41, 5.74) is -3.14. The molecule has 0 aromatic rings. The predicted molar refractivity (Wildman–Crippen MR) is 92.1 cm³/mol. The third-order valence-corrected chi connectivity index (χ3v) is 4.97. The number of carbonyl (C=O) groups is 5. The van der Waals surface area contributed by atoms with Gasteiger partial charge in [0.25, 0.3) is 0 Å². The average Bonchev–Trinajstić information content (AvgIpc) is 3.21. The predicted octanol–water partition coefficient (Wildman–Crippen LogP) is 0.539. The SMILES string of the molecule is CCOC(=O)C1(C(=O)O)CCC(=O)C1.CCOC(=O)C1(C(=O)O)CCC(O)C1. The van der Waals surface area contributed by atoms with Gasteiger partial charge in [0.15, 0.2) is 10.8 Å². The van der Waals surface area contributed by atoms with Crippen LogP contribution < -0.4 is 0 Å². The van der Waals surface area contributed by atoms with Crippen LogP contribution in [0.3, 0.4) is 0 Å². The molecule has 2 rings (SSSR count). The van der Waals surface area contributed by atoms with Crippen LogP contribution in [0.2, 0.25) is 0 Å². The van der Waals surface area contributed by atoms with E-state index in [-0.39, 0.29) is 51.1 Å². The number of aliphatic carboxylic acids is 2. The maximum absolute atomic E-state index is 11.4. The fourth-order valence-corrected chi connectivity index (χ4v) is 3.34. The summed E-state index contributed by atoms with van der Waals surface area (Å²) in [4.78, 5) is 55.7. The van der Waals surface area contributed by atoms with Gasteiger partial charge in [-0.05, 0) is 33.1 Å². The molecule has 2 fully saturated rings. The Kier molecular flexibility index (Phi) is 8.10. The molecule has 28 heavy (non-hydrogen) atoms. The van der Waals surface area contributed by atoms with E-state index < -0.39 is 40.8 Å². The molecule has 158 valence electrons. The number of ether oxygens (including phenoxy) is 2. The van der Waals surface area contributed by atoms with Gasteiger partial charge in [0, 0.05) is 19.3 Å². The van der Waals surface area contributed by atoms with Crippen molar-refractivity contribution in [2.75, 3.05) is 13.2 Å². The molecule has 0 spiro atoms. The first kappa shape index (κ1) is 23.5. The third-order valence-electron chi connectivity index (χ3n) is 4.97. The van der Waals surface area contributed by atoms with Crippen molar-refractivity contribution >= 4 is 29.7 Å². The number of ketones is 1. The second kappa shape index (κ2) is 9.63. The number of Topliss-reactive ketones (excluding diaryl/α,β-unsaturated/α-hetero) is 1. The quantitative estimate of drug-likeness (QED) is 0.422. The maximum atomic E-state index is 11.4. The number of carboxylic acid groups (broad SMARTS) is 2. The number of rotatable bonds is 6. The van der Waals surface area contributed by atoms with Crippen LogP contribution in [0.15, 0.2) is 0 Å². The summed E-state index contributed by atoms with van der Waals surface area (Å²) in [6, 6.07) is 0. The van der Waals surface area contributed by atoms with E-state index in [2.05, 4.69) is 4.74 Å². The summed E-state index contributed by atoms with van der Waals surface area (Å²) in [5.74, 6) is -4.18. The molecule has 0 aliphatic heterocycles. The number of aliphatic hydroxyl groups excluding tert-OH is 1. The molecule has 10 heteroatoms. The summed E-state index contributed by atoms with van der Waals surface area (Å²) in [7, 11) is 0. The van der Waals surface area contributed by atoms with E-state index in [1.54, 1.807) is 13.8 Å². The van der Waals surface area contributed by atoms with E-state index in [9.17, 15) is 29.1 Å². The van der Waals surface area contributed by atoms with Crippen LogP contribution in [-0.2, 0) is 33.4 Å². The number of hydrogen-bond acceptors (Lipinski definition) is 8. The van der Waals surface area contributed by atoms with Gasteiger partial charge >= 0.3 is 23.9 Å². The third kappa shape index (κ3) is 4.86. The molecule has 0 aromatic heterocycles. The number of aliphatic hydroxyl groups is 1. The van der Waals surface area contributed by atoms with Crippen molar-refractivity contribution in [1.82, 2.24) is 0 Å². The van der Waals surface area contributed by atoms with Gasteiger partial charge in [-0.25, -0.2) is 0 Å². The smallest absolute Gasteiger partial charge is 0.323 e. The molecule has 3 N–H and O–H groups in total. The molecule has 0 bridgehead atoms. The first-order valence-corrected chi connectivity index (χ1v) is 9.06. The topological polar surface area (TPSA) is 164 Å². The second-order valence-corrected chi connectivity index (χ2v) is 6.83. The van der Waals surface area contributed by atoms with Crippen molar-refractivity contribution < 1.29 is 48.8 Å². The number of carbonyl (C=O) groups excluding carboxylic acids is 3. The van der Waals surface area contributed by atoms with E-state index in [4.69, 9.17) is 14.9 Å². The molecule has 3 atom stereocenters. The van der Waals surface area contributed by atoms with Crippen LogP contribution in [0.25, 0.3) is 0 Å². The highest BCUT2D eigenvalue weighted by Gasteiger charge is 2.53. The molecular weight excluding hydrogens is 376 g/mol. The largest absolute Gasteiger partial charge is 0.480 e. The number of hydrogen-bond donors (Lipinski definition) is 3. The standard InChI is InChI=1S/C9H14O5.C9H12O5/c2*1-2-14-8(13)9(7(11)12)4-3-6(10)5-9/h6,10H,2-5H2,1H3,(H,11,12);2-5H2,1H3,(H,11,12). The molecule has 0 saturated heterocycles. The van der Waals surface area contributed by atoms with E-state index in [1.165, 1.54) is 0 Å². The van der Waals surface area contributed by atoms with Crippen molar-refractivity contribution in [3.05, 3.63) is 0 Å². The molecule has 2 aliphatic carbocycles. The highest BCUT2D eigenvalue weighted by atomic mass is 16.5. The van der Waals surface area contributed by atoms with Gasteiger partial charge in [-0.2, -0.15) is 0 Å². The van der Waals surface area contributed by atoms with Crippen molar-refractivity contribution in [2.24, 2.45) is 10.8 Å². The molecule has 0 aromatic carbocycles. The van der Waals surface area contributed by atoms with Crippen molar-refractivity contribution in [2.45, 2.75) is 58.5 Å². The minimum absolute atomic E-state index is 0.0405. The molecule has 0 heterocycles. The molecular formula is C18H26O10. The van der Waals surface area contributed by atoms with Gasteiger partial charge in [-0.3, -0.25) is 24.0 Å². The monoisotopic (exact) mass is 402 g/mol. The zero-order valence-electron chi connectivity index (χ0n) is 15.9. The van der Waals surface area contributed by atoms with Gasteiger partial charge in [0.05, 0.1) is 19.3 Å². The summed E-state index contributed by atoms with van der Waals surface area (Å²) in [5, 5.41) is 27.2. The second-order valence-electron chi connectivity index (χ2n) is 6.83. The zero-order chi connectivity index (χ0) is 21.5. The fourth-order valence-electron chi connectivity index (χ4n) is 3.34. The lowest BCUT2D eigenvalue weighted by molar-refractivity contribution is -0.170. The van der Waals surface area contributed by atoms with E-state index >= 15 is 0 Å². The molecule has 0 radical (unpaired) electrons. The van der Waals surface area contributed by atoms with Crippen molar-refractivity contribution in [3.63, 3.8) is 0 Å². The molecule has 2 aliphatic rings. The van der Waals surface area contributed by atoms with E-state index in [0.717, 1.165) is 0 Å². The Morgan fingerprint density at radius 3 is 1.79 bits per heavy atom. The van der Waals surface area contributed by atoms with E-state index in [0.29, 0.717) is 6.42 Å².